The molecule has 0 radical (unpaired) electrons. The lowest BCUT2D eigenvalue weighted by Crippen LogP contribution is -2.31. The van der Waals surface area contributed by atoms with Crippen LogP contribution in [0.3, 0.4) is 0 Å². The predicted octanol–water partition coefficient (Wildman–Crippen LogP) is 3.35. The van der Waals surface area contributed by atoms with Gasteiger partial charge in [0.05, 0.1) is 24.6 Å². The first-order valence-electron chi connectivity index (χ1n) is 7.51. The molecule has 0 bridgehead atoms. The molecule has 0 saturated carbocycles. The van der Waals surface area contributed by atoms with Crippen LogP contribution in [0.5, 0.6) is 5.75 Å². The number of nitrogens with two attached hydrogens (primary N) is 1. The van der Waals surface area contributed by atoms with Crippen molar-refractivity contribution in [3.05, 3.63) is 30.3 Å². The number of hydrogen-bond donors (Lipinski definition) is 1. The van der Waals surface area contributed by atoms with Gasteiger partial charge in [0.15, 0.2) is 12.2 Å². The maximum Gasteiger partial charge on any atom is 0.181 e. The molecule has 0 aliphatic carbocycles. The van der Waals surface area contributed by atoms with Gasteiger partial charge in [-0.15, -0.1) is 0 Å². The van der Waals surface area contributed by atoms with E-state index in [-0.39, 0.29) is 6.04 Å². The van der Waals surface area contributed by atoms with Crippen LogP contribution in [0.15, 0.2) is 34.1 Å². The van der Waals surface area contributed by atoms with E-state index in [9.17, 15) is 0 Å². The fourth-order valence-electron chi connectivity index (χ4n) is 2.82. The molecule has 22 heavy (non-hydrogen) atoms. The molecule has 5 heteroatoms. The van der Waals surface area contributed by atoms with Gasteiger partial charge in [0.25, 0.3) is 0 Å². The molecule has 1 aliphatic rings. The Morgan fingerprint density at radius 1 is 1.36 bits per heavy atom. The summed E-state index contributed by atoms with van der Waals surface area (Å²) in [5.74, 6) is 1.98. The van der Waals surface area contributed by atoms with Crippen LogP contribution >= 0.6 is 0 Å². The van der Waals surface area contributed by atoms with Crippen LogP contribution in [0.1, 0.15) is 25.8 Å². The normalized spacial score (nSPS) is 14.9. The van der Waals surface area contributed by atoms with Crippen molar-refractivity contribution < 1.29 is 9.15 Å². The summed E-state index contributed by atoms with van der Waals surface area (Å²) in [4.78, 5) is 8.67. The largest absolute Gasteiger partial charge is 0.496 e. The van der Waals surface area contributed by atoms with Crippen LogP contribution in [-0.2, 0) is 6.42 Å². The molecule has 5 nitrogen and oxygen atoms in total. The Kier molecular flexibility index (Phi) is 3.98. The molecule has 0 saturated heterocycles. The molecule has 0 amide bonds. The molecule has 2 heterocycles. The van der Waals surface area contributed by atoms with Gasteiger partial charge in [0, 0.05) is 24.2 Å². The molecule has 116 valence electrons. The van der Waals surface area contributed by atoms with E-state index < -0.39 is 0 Å². The minimum Gasteiger partial charge on any atom is -0.496 e. The fraction of sp³-hybridized carbons (Fsp3) is 0.412. The average Bonchev–Trinajstić information content (AvgIpc) is 3.13. The second-order valence-electron chi connectivity index (χ2n) is 6.06. The Hall–Kier alpha value is -2.14. The van der Waals surface area contributed by atoms with E-state index in [4.69, 9.17) is 19.9 Å². The molecule has 1 aromatic heterocycles. The van der Waals surface area contributed by atoms with Crippen LogP contribution in [0.25, 0.3) is 11.3 Å². The predicted molar refractivity (Wildman–Crippen MR) is 86.7 cm³/mol. The van der Waals surface area contributed by atoms with E-state index in [1.165, 1.54) is 6.39 Å². The summed E-state index contributed by atoms with van der Waals surface area (Å²) in [6.07, 6.45) is 4.83. The lowest BCUT2D eigenvalue weighted by atomic mass is 9.97. The number of fused-ring (bicyclic) bond motifs is 1. The number of aliphatic imine (C=N–C) groups is 1. The highest BCUT2D eigenvalue weighted by atomic mass is 16.5. The van der Waals surface area contributed by atoms with Crippen molar-refractivity contribution >= 4 is 11.4 Å². The van der Waals surface area contributed by atoms with Gasteiger partial charge in [-0.05, 0) is 24.0 Å². The van der Waals surface area contributed by atoms with Gasteiger partial charge in [-0.3, -0.25) is 4.99 Å². The Morgan fingerprint density at radius 3 is 2.82 bits per heavy atom. The minimum absolute atomic E-state index is 0.00660. The third-order valence-electron chi connectivity index (χ3n) is 3.89. The van der Waals surface area contributed by atoms with Crippen molar-refractivity contribution in [2.45, 2.75) is 32.7 Å². The standard InChI is InChI=1S/C17H21N3O2/c1-10(2)4-13(18)15-6-11-5-12(17-8-19-9-22-17)16(21-3)7-14(11)20-15/h5,7-10,13H,4,6,18H2,1-3H3/t13-/m1/s1. The maximum atomic E-state index is 6.27. The van der Waals surface area contributed by atoms with Crippen LogP contribution in [0.4, 0.5) is 5.69 Å². The van der Waals surface area contributed by atoms with Gasteiger partial charge in [-0.2, -0.15) is 0 Å². The first-order valence-corrected chi connectivity index (χ1v) is 7.51. The van der Waals surface area contributed by atoms with Gasteiger partial charge in [0.2, 0.25) is 0 Å². The van der Waals surface area contributed by atoms with E-state index >= 15 is 0 Å². The highest BCUT2D eigenvalue weighted by Gasteiger charge is 2.23. The number of methoxy groups -OCH3 is 1. The van der Waals surface area contributed by atoms with Crippen LogP contribution in [0.2, 0.25) is 0 Å². The molecule has 0 fully saturated rings. The van der Waals surface area contributed by atoms with Gasteiger partial charge >= 0.3 is 0 Å². The Morgan fingerprint density at radius 2 is 2.18 bits per heavy atom. The zero-order valence-corrected chi connectivity index (χ0v) is 13.2. The summed E-state index contributed by atoms with van der Waals surface area (Å²) in [6, 6.07) is 4.02. The lowest BCUT2D eigenvalue weighted by molar-refractivity contribution is 0.414. The summed E-state index contributed by atoms with van der Waals surface area (Å²) in [5, 5.41) is 0. The highest BCUT2D eigenvalue weighted by molar-refractivity contribution is 5.98. The van der Waals surface area contributed by atoms with Crippen molar-refractivity contribution in [3.63, 3.8) is 0 Å². The number of oxazole rings is 1. The van der Waals surface area contributed by atoms with Crippen molar-refractivity contribution in [2.75, 3.05) is 7.11 Å². The zero-order chi connectivity index (χ0) is 15.7. The van der Waals surface area contributed by atoms with Gasteiger partial charge in [-0.25, -0.2) is 4.98 Å². The Labute approximate surface area is 130 Å². The number of benzene rings is 1. The number of hydrogen-bond acceptors (Lipinski definition) is 5. The zero-order valence-electron chi connectivity index (χ0n) is 13.2. The molecule has 0 unspecified atom stereocenters. The minimum atomic E-state index is 0.00660. The summed E-state index contributed by atoms with van der Waals surface area (Å²) < 4.78 is 10.9. The van der Waals surface area contributed by atoms with Crippen molar-refractivity contribution in [1.82, 2.24) is 4.98 Å². The second-order valence-corrected chi connectivity index (χ2v) is 6.06. The highest BCUT2D eigenvalue weighted by Crippen LogP contribution is 2.39. The molecular weight excluding hydrogens is 278 g/mol. The molecule has 3 rings (SSSR count). The molecule has 1 aliphatic heterocycles. The van der Waals surface area contributed by atoms with Crippen molar-refractivity contribution in [3.8, 4) is 17.1 Å². The summed E-state index contributed by atoms with van der Waals surface area (Å²) >= 11 is 0. The number of rotatable bonds is 5. The van der Waals surface area contributed by atoms with Crippen LogP contribution in [0, 0.1) is 5.92 Å². The lowest BCUT2D eigenvalue weighted by Gasteiger charge is -2.13. The number of nitrogens with zero attached hydrogens (tertiary/aromatic N) is 2. The van der Waals surface area contributed by atoms with E-state index in [1.807, 2.05) is 6.07 Å². The van der Waals surface area contributed by atoms with Crippen molar-refractivity contribution in [1.29, 1.82) is 0 Å². The van der Waals surface area contributed by atoms with Crippen LogP contribution < -0.4 is 10.5 Å². The quantitative estimate of drug-likeness (QED) is 0.918. The van der Waals surface area contributed by atoms with E-state index in [1.54, 1.807) is 13.3 Å². The smallest absolute Gasteiger partial charge is 0.181 e. The Balaban J connectivity index is 1.92. The van der Waals surface area contributed by atoms with E-state index in [0.29, 0.717) is 11.7 Å². The SMILES string of the molecule is COc1cc2c(cc1-c1cnco1)CC([C@H](N)CC(C)C)=N2. The summed E-state index contributed by atoms with van der Waals surface area (Å²) in [5.41, 5.74) is 10.3. The second kappa shape index (κ2) is 5.93. The van der Waals surface area contributed by atoms with Crippen LogP contribution in [-0.4, -0.2) is 23.8 Å². The molecule has 1 aromatic carbocycles. The Bertz CT molecular complexity index is 690. The molecule has 2 aromatic rings. The monoisotopic (exact) mass is 299 g/mol. The number of aromatic nitrogens is 1. The van der Waals surface area contributed by atoms with E-state index in [0.717, 1.165) is 41.1 Å². The fourth-order valence-corrected chi connectivity index (χ4v) is 2.82. The molecule has 0 spiro atoms. The summed E-state index contributed by atoms with van der Waals surface area (Å²) in [7, 11) is 1.64. The first kappa shape index (κ1) is 14.8. The topological polar surface area (TPSA) is 73.6 Å². The maximum absolute atomic E-state index is 6.27. The molecule has 2 N–H and O–H groups in total. The summed E-state index contributed by atoms with van der Waals surface area (Å²) in [6.45, 7) is 4.35. The average molecular weight is 299 g/mol. The first-order chi connectivity index (χ1) is 10.6. The number of ether oxygens (including phenoxy) is 1. The molecule has 1 atom stereocenters. The third kappa shape index (κ3) is 2.76. The van der Waals surface area contributed by atoms with E-state index in [2.05, 4.69) is 24.9 Å². The van der Waals surface area contributed by atoms with Crippen molar-refractivity contribution in [2.24, 2.45) is 16.6 Å². The third-order valence-corrected chi connectivity index (χ3v) is 3.89. The van der Waals surface area contributed by atoms with Gasteiger partial charge in [-0.1, -0.05) is 13.8 Å². The van der Waals surface area contributed by atoms with Gasteiger partial charge < -0.3 is 14.9 Å². The van der Waals surface area contributed by atoms with Gasteiger partial charge in [0.1, 0.15) is 5.75 Å². The molecular formula is C17H21N3O2.